The SMILES string of the molecule is O=C(O)Cc1cccc(NC(=O)NCC(=O)N(Cc2ccccc2)[C@@H]2c3ccccc3CC[C@@H]2Cc2ccccc2)c1. The third-order valence-electron chi connectivity index (χ3n) is 7.74. The Hall–Kier alpha value is -4.91. The van der Waals surface area contributed by atoms with Gasteiger partial charge in [0.15, 0.2) is 0 Å². The lowest BCUT2D eigenvalue weighted by Gasteiger charge is -2.42. The fraction of sp³-hybridized carbons (Fsp3) is 0.229. The number of hydrogen-bond acceptors (Lipinski definition) is 3. The predicted molar refractivity (Wildman–Crippen MR) is 163 cm³/mol. The fourth-order valence-electron chi connectivity index (χ4n) is 5.84. The third-order valence-corrected chi connectivity index (χ3v) is 7.74. The molecular formula is C35H35N3O4. The number of hydrogen-bond donors (Lipinski definition) is 3. The number of anilines is 1. The van der Waals surface area contributed by atoms with Gasteiger partial charge in [-0.1, -0.05) is 97.1 Å². The average Bonchev–Trinajstić information content (AvgIpc) is 3.00. The van der Waals surface area contributed by atoms with Gasteiger partial charge in [-0.2, -0.15) is 0 Å². The largest absolute Gasteiger partial charge is 0.481 e. The number of carboxylic acid groups (broad SMARTS) is 1. The van der Waals surface area contributed by atoms with Gasteiger partial charge in [0.2, 0.25) is 5.91 Å². The van der Waals surface area contributed by atoms with Crippen LogP contribution >= 0.6 is 0 Å². The minimum atomic E-state index is -0.949. The molecule has 0 saturated heterocycles. The summed E-state index contributed by atoms with van der Waals surface area (Å²) >= 11 is 0. The number of aliphatic carboxylic acids is 1. The number of benzene rings is 4. The van der Waals surface area contributed by atoms with Gasteiger partial charge in [-0.3, -0.25) is 9.59 Å². The lowest BCUT2D eigenvalue weighted by Crippen LogP contribution is -2.46. The number of nitrogens with zero attached hydrogens (tertiary/aromatic N) is 1. The van der Waals surface area contributed by atoms with Gasteiger partial charge in [-0.25, -0.2) is 4.79 Å². The smallest absolute Gasteiger partial charge is 0.319 e. The first-order valence-electron chi connectivity index (χ1n) is 14.3. The van der Waals surface area contributed by atoms with E-state index in [-0.39, 0.29) is 30.8 Å². The van der Waals surface area contributed by atoms with Crippen molar-refractivity contribution in [2.45, 2.75) is 38.3 Å². The lowest BCUT2D eigenvalue weighted by atomic mass is 9.76. The highest BCUT2D eigenvalue weighted by Crippen LogP contribution is 2.41. The molecule has 42 heavy (non-hydrogen) atoms. The van der Waals surface area contributed by atoms with Crippen LogP contribution in [0, 0.1) is 5.92 Å². The Kier molecular flexibility index (Phi) is 9.29. The van der Waals surface area contributed by atoms with Crippen LogP contribution in [0.25, 0.3) is 0 Å². The van der Waals surface area contributed by atoms with Crippen LogP contribution in [0.5, 0.6) is 0 Å². The summed E-state index contributed by atoms with van der Waals surface area (Å²) in [6.07, 6.45) is 2.62. The number of nitrogens with one attached hydrogen (secondary N) is 2. The summed E-state index contributed by atoms with van der Waals surface area (Å²) in [5.41, 5.74) is 5.71. The van der Waals surface area contributed by atoms with E-state index in [0.29, 0.717) is 17.8 Å². The number of carbonyl (C=O) groups is 3. The average molecular weight is 562 g/mol. The Bertz CT molecular complexity index is 1520. The molecule has 0 saturated carbocycles. The lowest BCUT2D eigenvalue weighted by molar-refractivity contribution is -0.136. The van der Waals surface area contributed by atoms with Crippen LogP contribution in [0.15, 0.2) is 109 Å². The second-order valence-electron chi connectivity index (χ2n) is 10.7. The standard InChI is InChI=1S/C35H35N3O4/c39-32(23-36-35(42)37-30-16-9-14-27(21-30)22-33(40)41)38(24-26-12-5-2-6-13-26)34-29(20-25-10-3-1-4-11-25)19-18-28-15-7-8-17-31(28)34/h1-17,21,29,34H,18-20,22-24H2,(H,40,41)(H2,36,37,42)/t29-,34+/m1/s1. The summed E-state index contributed by atoms with van der Waals surface area (Å²) in [4.78, 5) is 39.8. The van der Waals surface area contributed by atoms with E-state index in [9.17, 15) is 14.4 Å². The summed E-state index contributed by atoms with van der Waals surface area (Å²) in [6, 6.07) is 34.7. The molecule has 214 valence electrons. The Labute approximate surface area is 246 Å². The summed E-state index contributed by atoms with van der Waals surface area (Å²) in [5, 5.41) is 14.5. The van der Waals surface area contributed by atoms with Crippen molar-refractivity contribution in [2.75, 3.05) is 11.9 Å². The molecular weight excluding hydrogens is 526 g/mol. The van der Waals surface area contributed by atoms with E-state index >= 15 is 0 Å². The molecule has 0 unspecified atom stereocenters. The highest BCUT2D eigenvalue weighted by Gasteiger charge is 2.36. The molecule has 0 heterocycles. The molecule has 3 amide bonds. The Morgan fingerprint density at radius 3 is 2.19 bits per heavy atom. The second kappa shape index (κ2) is 13.6. The van der Waals surface area contributed by atoms with Gasteiger partial charge in [0, 0.05) is 12.2 Å². The van der Waals surface area contributed by atoms with Crippen LogP contribution < -0.4 is 10.6 Å². The van der Waals surface area contributed by atoms with Gasteiger partial charge in [0.05, 0.1) is 19.0 Å². The van der Waals surface area contributed by atoms with E-state index in [4.69, 9.17) is 5.11 Å². The minimum absolute atomic E-state index is 0.142. The molecule has 3 N–H and O–H groups in total. The van der Waals surface area contributed by atoms with Crippen molar-refractivity contribution in [1.82, 2.24) is 10.2 Å². The number of carbonyl (C=O) groups excluding carboxylic acids is 2. The summed E-state index contributed by atoms with van der Waals surface area (Å²) < 4.78 is 0. The number of aryl methyl sites for hydroxylation is 1. The maximum Gasteiger partial charge on any atom is 0.319 e. The normalized spacial score (nSPS) is 15.7. The number of urea groups is 1. The van der Waals surface area contributed by atoms with Gasteiger partial charge in [0.25, 0.3) is 0 Å². The number of amides is 3. The number of fused-ring (bicyclic) bond motifs is 1. The molecule has 4 aromatic rings. The van der Waals surface area contributed by atoms with Gasteiger partial charge in [-0.05, 0) is 65.1 Å². The van der Waals surface area contributed by atoms with E-state index in [0.717, 1.165) is 30.4 Å². The van der Waals surface area contributed by atoms with E-state index in [1.54, 1.807) is 24.3 Å². The molecule has 0 radical (unpaired) electrons. The molecule has 4 aromatic carbocycles. The van der Waals surface area contributed by atoms with E-state index in [2.05, 4.69) is 34.9 Å². The summed E-state index contributed by atoms with van der Waals surface area (Å²) in [7, 11) is 0. The minimum Gasteiger partial charge on any atom is -0.481 e. The van der Waals surface area contributed by atoms with Gasteiger partial charge in [-0.15, -0.1) is 0 Å². The topological polar surface area (TPSA) is 98.7 Å². The van der Waals surface area contributed by atoms with Crippen molar-refractivity contribution in [3.63, 3.8) is 0 Å². The quantitative estimate of drug-likeness (QED) is 0.221. The van der Waals surface area contributed by atoms with Crippen molar-refractivity contribution < 1.29 is 19.5 Å². The van der Waals surface area contributed by atoms with Crippen LogP contribution in [-0.4, -0.2) is 34.5 Å². The molecule has 7 nitrogen and oxygen atoms in total. The molecule has 5 rings (SSSR count). The molecule has 1 aliphatic carbocycles. The van der Waals surface area contributed by atoms with Gasteiger partial charge < -0.3 is 20.6 Å². The van der Waals surface area contributed by atoms with Crippen molar-refractivity contribution in [3.05, 3.63) is 137 Å². The molecule has 0 aromatic heterocycles. The molecule has 2 atom stereocenters. The monoisotopic (exact) mass is 561 g/mol. The van der Waals surface area contributed by atoms with Crippen LogP contribution in [0.1, 0.15) is 40.3 Å². The maximum atomic E-state index is 14.0. The first-order chi connectivity index (χ1) is 20.5. The second-order valence-corrected chi connectivity index (χ2v) is 10.7. The Morgan fingerprint density at radius 1 is 0.786 bits per heavy atom. The van der Waals surface area contributed by atoms with Crippen LogP contribution in [-0.2, 0) is 35.4 Å². The van der Waals surface area contributed by atoms with Crippen LogP contribution in [0.3, 0.4) is 0 Å². The molecule has 7 heteroatoms. The molecule has 1 aliphatic rings. The van der Waals surface area contributed by atoms with Crippen LogP contribution in [0.4, 0.5) is 10.5 Å². The number of carboxylic acids is 1. The van der Waals surface area contributed by atoms with E-state index in [1.165, 1.54) is 11.1 Å². The highest BCUT2D eigenvalue weighted by atomic mass is 16.4. The van der Waals surface area contributed by atoms with Crippen LogP contribution in [0.2, 0.25) is 0 Å². The van der Waals surface area contributed by atoms with Gasteiger partial charge in [0.1, 0.15) is 0 Å². The summed E-state index contributed by atoms with van der Waals surface area (Å²) in [6.45, 7) is 0.245. The zero-order valence-electron chi connectivity index (χ0n) is 23.4. The predicted octanol–water partition coefficient (Wildman–Crippen LogP) is 6.01. The fourth-order valence-corrected chi connectivity index (χ4v) is 5.84. The summed E-state index contributed by atoms with van der Waals surface area (Å²) in [5.74, 6) is -0.912. The Balaban J connectivity index is 1.38. The van der Waals surface area contributed by atoms with E-state index < -0.39 is 12.0 Å². The van der Waals surface area contributed by atoms with Crippen molar-refractivity contribution in [3.8, 4) is 0 Å². The molecule has 0 spiro atoms. The molecule has 0 aliphatic heterocycles. The van der Waals surface area contributed by atoms with Gasteiger partial charge >= 0.3 is 12.0 Å². The maximum absolute atomic E-state index is 14.0. The highest BCUT2D eigenvalue weighted by molar-refractivity contribution is 5.92. The first-order valence-corrected chi connectivity index (χ1v) is 14.3. The first kappa shape index (κ1) is 28.6. The molecule has 0 fully saturated rings. The van der Waals surface area contributed by atoms with Crippen molar-refractivity contribution in [2.24, 2.45) is 5.92 Å². The third kappa shape index (κ3) is 7.43. The Morgan fingerprint density at radius 2 is 1.45 bits per heavy atom. The molecule has 0 bridgehead atoms. The van der Waals surface area contributed by atoms with E-state index in [1.807, 2.05) is 65.6 Å². The van der Waals surface area contributed by atoms with Crippen molar-refractivity contribution >= 4 is 23.6 Å². The zero-order chi connectivity index (χ0) is 29.3. The zero-order valence-corrected chi connectivity index (χ0v) is 23.4. The number of rotatable bonds is 10. The van der Waals surface area contributed by atoms with Crippen molar-refractivity contribution in [1.29, 1.82) is 0 Å².